The van der Waals surface area contributed by atoms with Crippen LogP contribution in [0.2, 0.25) is 0 Å². The number of hydrogen-bond donors (Lipinski definition) is 0. The van der Waals surface area contributed by atoms with Gasteiger partial charge in [-0.25, -0.2) is 0 Å². The van der Waals surface area contributed by atoms with Crippen LogP contribution in [0.3, 0.4) is 0 Å². The Hall–Kier alpha value is -3.66. The van der Waals surface area contributed by atoms with Crippen molar-refractivity contribution >= 4 is 22.7 Å². The Morgan fingerprint density at radius 2 is 1.84 bits per heavy atom. The Bertz CT molecular complexity index is 1250. The number of benzene rings is 2. The first kappa shape index (κ1) is 20.6. The molecule has 9 nitrogen and oxygen atoms in total. The quantitative estimate of drug-likeness (QED) is 0.292. The molecule has 0 fully saturated rings. The van der Waals surface area contributed by atoms with Gasteiger partial charge in [-0.3, -0.25) is 9.36 Å². The maximum Gasteiger partial charge on any atom is 0.278 e. The van der Waals surface area contributed by atoms with E-state index < -0.39 is 0 Å². The molecule has 0 atom stereocenters. The van der Waals surface area contributed by atoms with Crippen LogP contribution in [0.1, 0.15) is 5.82 Å². The highest BCUT2D eigenvalue weighted by Crippen LogP contribution is 2.21. The minimum Gasteiger partial charge on any atom is -0.497 e. The van der Waals surface area contributed by atoms with Crippen molar-refractivity contribution in [1.82, 2.24) is 29.8 Å². The molecule has 0 aliphatic heterocycles. The van der Waals surface area contributed by atoms with Gasteiger partial charge in [-0.15, -0.1) is 21.9 Å². The van der Waals surface area contributed by atoms with E-state index in [9.17, 15) is 4.79 Å². The lowest BCUT2D eigenvalue weighted by Gasteiger charge is -2.10. The molecular weight excluding hydrogens is 416 g/mol. The standard InChI is InChI=1S/C21H20N6O3S/c1-3-12-26-19(13-30-16-10-8-15(29-2)9-11-16)23-24-21(26)31-14-27-20(28)17-6-4-5-7-18(17)22-25-27/h3-11H,1,12-14H2,2H3. The van der Waals surface area contributed by atoms with Crippen LogP contribution in [-0.4, -0.2) is 36.9 Å². The fourth-order valence-corrected chi connectivity index (χ4v) is 3.73. The normalized spacial score (nSPS) is 10.9. The number of fused-ring (bicyclic) bond motifs is 1. The first-order chi connectivity index (χ1) is 15.2. The van der Waals surface area contributed by atoms with Crippen molar-refractivity contribution in [3.05, 3.63) is 77.4 Å². The van der Waals surface area contributed by atoms with Gasteiger partial charge in [0.15, 0.2) is 11.0 Å². The van der Waals surface area contributed by atoms with Gasteiger partial charge < -0.3 is 9.47 Å². The minimum absolute atomic E-state index is 0.198. The van der Waals surface area contributed by atoms with Gasteiger partial charge in [0.05, 0.1) is 18.4 Å². The summed E-state index contributed by atoms with van der Waals surface area (Å²) in [6.07, 6.45) is 1.76. The average Bonchev–Trinajstić information content (AvgIpc) is 3.19. The monoisotopic (exact) mass is 436 g/mol. The van der Waals surface area contributed by atoms with Crippen LogP contribution >= 0.6 is 11.8 Å². The fourth-order valence-electron chi connectivity index (χ4n) is 2.89. The lowest BCUT2D eigenvalue weighted by molar-refractivity contribution is 0.288. The molecule has 0 aliphatic carbocycles. The zero-order valence-corrected chi connectivity index (χ0v) is 17.7. The van der Waals surface area contributed by atoms with E-state index in [-0.39, 0.29) is 18.0 Å². The van der Waals surface area contributed by atoms with Crippen LogP contribution < -0.4 is 15.0 Å². The first-order valence-electron chi connectivity index (χ1n) is 9.44. The van der Waals surface area contributed by atoms with E-state index in [1.54, 1.807) is 31.4 Å². The van der Waals surface area contributed by atoms with Gasteiger partial charge in [0.2, 0.25) is 0 Å². The molecule has 0 spiro atoms. The predicted molar refractivity (Wildman–Crippen MR) is 117 cm³/mol. The second-order valence-corrected chi connectivity index (χ2v) is 7.36. The van der Waals surface area contributed by atoms with Gasteiger partial charge in [-0.05, 0) is 36.4 Å². The summed E-state index contributed by atoms with van der Waals surface area (Å²) in [5.41, 5.74) is 0.373. The fraction of sp³-hybridized carbons (Fsp3) is 0.190. The molecule has 0 saturated carbocycles. The highest BCUT2D eigenvalue weighted by atomic mass is 32.2. The lowest BCUT2D eigenvalue weighted by atomic mass is 10.2. The molecule has 2 aromatic carbocycles. The Morgan fingerprint density at radius 3 is 2.61 bits per heavy atom. The maximum atomic E-state index is 12.6. The summed E-state index contributed by atoms with van der Waals surface area (Å²) in [5.74, 6) is 2.36. The molecule has 4 aromatic rings. The molecule has 158 valence electrons. The molecule has 4 rings (SSSR count). The largest absolute Gasteiger partial charge is 0.497 e. The molecule has 0 bridgehead atoms. The predicted octanol–water partition coefficient (Wildman–Crippen LogP) is 2.91. The number of thioether (sulfide) groups is 1. The molecule has 31 heavy (non-hydrogen) atoms. The van der Waals surface area contributed by atoms with Gasteiger partial charge in [0.1, 0.15) is 23.6 Å². The number of allylic oxidation sites excluding steroid dienone is 1. The number of methoxy groups -OCH3 is 1. The van der Waals surface area contributed by atoms with Crippen molar-refractivity contribution in [3.63, 3.8) is 0 Å². The van der Waals surface area contributed by atoms with Gasteiger partial charge in [-0.1, -0.05) is 35.2 Å². The highest BCUT2D eigenvalue weighted by Gasteiger charge is 2.14. The molecule has 0 unspecified atom stereocenters. The van der Waals surface area contributed by atoms with E-state index >= 15 is 0 Å². The molecule has 2 heterocycles. The molecule has 2 aromatic heterocycles. The van der Waals surface area contributed by atoms with E-state index in [1.165, 1.54) is 16.4 Å². The van der Waals surface area contributed by atoms with E-state index in [0.29, 0.717) is 34.2 Å². The lowest BCUT2D eigenvalue weighted by Crippen LogP contribution is -2.23. The van der Waals surface area contributed by atoms with Crippen molar-refractivity contribution < 1.29 is 9.47 Å². The van der Waals surface area contributed by atoms with Gasteiger partial charge in [0, 0.05) is 6.54 Å². The van der Waals surface area contributed by atoms with Crippen molar-refractivity contribution in [2.24, 2.45) is 0 Å². The zero-order valence-electron chi connectivity index (χ0n) is 16.8. The molecule has 0 N–H and O–H groups in total. The van der Waals surface area contributed by atoms with E-state index in [2.05, 4.69) is 27.1 Å². The van der Waals surface area contributed by atoms with E-state index in [0.717, 1.165) is 5.75 Å². The number of rotatable bonds is 9. The van der Waals surface area contributed by atoms with Crippen LogP contribution in [0.25, 0.3) is 10.9 Å². The Kier molecular flexibility index (Phi) is 6.27. The summed E-state index contributed by atoms with van der Waals surface area (Å²) in [7, 11) is 1.62. The van der Waals surface area contributed by atoms with E-state index in [4.69, 9.17) is 9.47 Å². The summed E-state index contributed by atoms with van der Waals surface area (Å²) in [6, 6.07) is 14.4. The molecule has 10 heteroatoms. The van der Waals surface area contributed by atoms with Crippen molar-refractivity contribution in [2.45, 2.75) is 24.2 Å². The first-order valence-corrected chi connectivity index (χ1v) is 10.4. The third kappa shape index (κ3) is 4.58. The third-order valence-corrected chi connectivity index (χ3v) is 5.41. The van der Waals surface area contributed by atoms with Crippen LogP contribution in [-0.2, 0) is 19.0 Å². The molecule has 0 amide bonds. The molecular formula is C21H20N6O3S. The smallest absolute Gasteiger partial charge is 0.278 e. The number of aromatic nitrogens is 6. The number of nitrogens with zero attached hydrogens (tertiary/aromatic N) is 6. The van der Waals surface area contributed by atoms with Crippen LogP contribution in [0.4, 0.5) is 0 Å². The minimum atomic E-state index is -0.198. The Morgan fingerprint density at radius 1 is 1.06 bits per heavy atom. The van der Waals surface area contributed by atoms with Gasteiger partial charge in [-0.2, -0.15) is 4.68 Å². The number of ether oxygens (including phenoxy) is 2. The van der Waals surface area contributed by atoms with Crippen molar-refractivity contribution in [1.29, 1.82) is 0 Å². The van der Waals surface area contributed by atoms with Crippen LogP contribution in [0.5, 0.6) is 11.5 Å². The molecule has 0 aliphatic rings. The number of hydrogen-bond acceptors (Lipinski definition) is 8. The van der Waals surface area contributed by atoms with Crippen molar-refractivity contribution in [3.8, 4) is 11.5 Å². The van der Waals surface area contributed by atoms with Gasteiger partial charge in [0.25, 0.3) is 5.56 Å². The van der Waals surface area contributed by atoms with Crippen molar-refractivity contribution in [2.75, 3.05) is 7.11 Å². The average molecular weight is 436 g/mol. The summed E-state index contributed by atoms with van der Waals surface area (Å²) < 4.78 is 14.2. The molecule has 0 radical (unpaired) electrons. The second-order valence-electron chi connectivity index (χ2n) is 6.45. The maximum absolute atomic E-state index is 12.6. The Labute approximate surface area is 182 Å². The SMILES string of the molecule is C=CCn1c(COc2ccc(OC)cc2)nnc1SCn1nnc2ccccc2c1=O. The van der Waals surface area contributed by atoms with Crippen LogP contribution in [0.15, 0.2) is 71.1 Å². The summed E-state index contributed by atoms with van der Waals surface area (Å²) in [5, 5.41) is 17.8. The topological polar surface area (TPSA) is 97.0 Å². The Balaban J connectivity index is 1.48. The zero-order chi connectivity index (χ0) is 21.6. The summed E-state index contributed by atoms with van der Waals surface area (Å²) >= 11 is 1.34. The molecule has 0 saturated heterocycles. The van der Waals surface area contributed by atoms with E-state index in [1.807, 2.05) is 34.9 Å². The van der Waals surface area contributed by atoms with Gasteiger partial charge >= 0.3 is 0 Å². The second kappa shape index (κ2) is 9.43. The summed E-state index contributed by atoms with van der Waals surface area (Å²) in [6.45, 7) is 4.55. The summed E-state index contributed by atoms with van der Waals surface area (Å²) in [4.78, 5) is 12.6. The highest BCUT2D eigenvalue weighted by molar-refractivity contribution is 7.98. The third-order valence-electron chi connectivity index (χ3n) is 4.48. The van der Waals surface area contributed by atoms with Crippen LogP contribution in [0, 0.1) is 0 Å².